The number of phenolic OH excluding ortho intramolecular Hbond substituents is 1. The van der Waals surface area contributed by atoms with E-state index in [1.54, 1.807) is 6.07 Å². The van der Waals surface area contributed by atoms with Crippen LogP contribution in [0.5, 0.6) is 5.75 Å². The SMILES string of the molecule is Oc1ccc2c(c1[Si][Si])C=C1C=CC=CC1N2. The first kappa shape index (κ1) is 10.6. The highest BCUT2D eigenvalue weighted by atomic mass is 29.1. The van der Waals surface area contributed by atoms with Gasteiger partial charge in [-0.2, -0.15) is 0 Å². The van der Waals surface area contributed by atoms with Gasteiger partial charge in [-0.3, -0.25) is 0 Å². The van der Waals surface area contributed by atoms with Crippen molar-refractivity contribution >= 4 is 35.7 Å². The normalized spacial score (nSPS) is 20.3. The zero-order valence-corrected chi connectivity index (χ0v) is 11.1. The molecule has 1 aliphatic heterocycles. The van der Waals surface area contributed by atoms with Crippen LogP contribution in [0.2, 0.25) is 0 Å². The summed E-state index contributed by atoms with van der Waals surface area (Å²) in [5.74, 6) is 0.351. The summed E-state index contributed by atoms with van der Waals surface area (Å²) < 4.78 is 0. The van der Waals surface area contributed by atoms with E-state index in [-0.39, 0.29) is 6.04 Å². The van der Waals surface area contributed by atoms with Crippen LogP contribution in [0.15, 0.2) is 42.0 Å². The topological polar surface area (TPSA) is 32.3 Å². The van der Waals surface area contributed by atoms with E-state index in [4.69, 9.17) is 0 Å². The van der Waals surface area contributed by atoms with Gasteiger partial charge in [-0.05, 0) is 34.5 Å². The summed E-state index contributed by atoms with van der Waals surface area (Å²) in [5, 5.41) is 14.3. The maximum Gasteiger partial charge on any atom is 0.114 e. The molecule has 1 heterocycles. The van der Waals surface area contributed by atoms with Crippen LogP contribution in [0, 0.1) is 0 Å². The van der Waals surface area contributed by atoms with E-state index in [1.165, 1.54) is 5.57 Å². The third kappa shape index (κ3) is 1.69. The number of aromatic hydroxyl groups is 1. The van der Waals surface area contributed by atoms with Crippen molar-refractivity contribution < 1.29 is 5.11 Å². The van der Waals surface area contributed by atoms with Crippen LogP contribution in [-0.2, 0) is 0 Å². The van der Waals surface area contributed by atoms with Gasteiger partial charge in [-0.1, -0.05) is 24.3 Å². The predicted molar refractivity (Wildman–Crippen MR) is 72.9 cm³/mol. The highest BCUT2D eigenvalue weighted by molar-refractivity contribution is 6.98. The van der Waals surface area contributed by atoms with Gasteiger partial charge in [0.15, 0.2) is 0 Å². The Balaban J connectivity index is 2.17. The average molecular weight is 252 g/mol. The number of hydrogen-bond donors (Lipinski definition) is 2. The molecule has 4 heteroatoms. The zero-order valence-electron chi connectivity index (χ0n) is 9.07. The second kappa shape index (κ2) is 4.05. The van der Waals surface area contributed by atoms with Crippen molar-refractivity contribution in [1.29, 1.82) is 0 Å². The lowest BCUT2D eigenvalue weighted by Crippen LogP contribution is -2.28. The molecular weight excluding hydrogens is 242 g/mol. The van der Waals surface area contributed by atoms with E-state index < -0.39 is 0 Å². The van der Waals surface area contributed by atoms with Gasteiger partial charge in [0.25, 0.3) is 0 Å². The predicted octanol–water partition coefficient (Wildman–Crippen LogP) is 1.11. The van der Waals surface area contributed by atoms with Crippen molar-refractivity contribution in [2.45, 2.75) is 6.04 Å². The molecule has 0 amide bonds. The molecule has 0 spiro atoms. The van der Waals surface area contributed by atoms with E-state index in [1.807, 2.05) is 18.2 Å². The summed E-state index contributed by atoms with van der Waals surface area (Å²) in [6.45, 7) is 0. The van der Waals surface area contributed by atoms with Gasteiger partial charge in [-0.15, -0.1) is 0 Å². The quantitative estimate of drug-likeness (QED) is 0.580. The van der Waals surface area contributed by atoms with E-state index >= 15 is 0 Å². The number of allylic oxidation sites excluding steroid dienone is 2. The van der Waals surface area contributed by atoms with E-state index in [2.05, 4.69) is 33.3 Å². The standard InChI is InChI=1S/C13H10NOSi2/c15-12-6-5-11-9(13(12)17-16)7-8-3-1-2-4-10(8)14-11/h1-7,10,14-15H. The van der Waals surface area contributed by atoms with Gasteiger partial charge >= 0.3 is 0 Å². The second-order valence-corrected chi connectivity index (χ2v) is 5.56. The van der Waals surface area contributed by atoms with Crippen LogP contribution >= 0.6 is 0 Å². The minimum absolute atomic E-state index is 0.253. The molecule has 1 unspecified atom stereocenters. The van der Waals surface area contributed by atoms with Gasteiger partial charge in [0.1, 0.15) is 5.75 Å². The van der Waals surface area contributed by atoms with Gasteiger partial charge in [-0.25, -0.2) is 0 Å². The molecule has 2 N–H and O–H groups in total. The Labute approximate surface area is 106 Å². The molecule has 3 rings (SSSR count). The van der Waals surface area contributed by atoms with Gasteiger partial charge in [0.2, 0.25) is 0 Å². The lowest BCUT2D eigenvalue weighted by atomic mass is 9.94. The van der Waals surface area contributed by atoms with Crippen LogP contribution in [-0.4, -0.2) is 29.9 Å². The number of hydrogen-bond acceptors (Lipinski definition) is 2. The third-order valence-electron chi connectivity index (χ3n) is 3.03. The highest BCUT2D eigenvalue weighted by Gasteiger charge is 2.20. The minimum Gasteiger partial charge on any atom is -0.508 e. The van der Waals surface area contributed by atoms with Crippen molar-refractivity contribution in [3.8, 4) is 5.75 Å². The van der Waals surface area contributed by atoms with Crippen molar-refractivity contribution in [3.63, 3.8) is 0 Å². The van der Waals surface area contributed by atoms with Crippen molar-refractivity contribution in [2.24, 2.45) is 0 Å². The lowest BCUT2D eigenvalue weighted by Gasteiger charge is -2.27. The molecule has 2 aliphatic rings. The zero-order chi connectivity index (χ0) is 11.8. The van der Waals surface area contributed by atoms with Crippen molar-refractivity contribution in [1.82, 2.24) is 0 Å². The molecule has 1 aromatic carbocycles. The number of fused-ring (bicyclic) bond motifs is 2. The Morgan fingerprint density at radius 2 is 2.18 bits per heavy atom. The van der Waals surface area contributed by atoms with Crippen LogP contribution in [0.3, 0.4) is 0 Å². The van der Waals surface area contributed by atoms with Crippen LogP contribution < -0.4 is 10.5 Å². The van der Waals surface area contributed by atoms with Crippen LogP contribution in [0.4, 0.5) is 5.69 Å². The maximum atomic E-state index is 9.85. The van der Waals surface area contributed by atoms with Gasteiger partial charge < -0.3 is 10.4 Å². The molecule has 0 saturated heterocycles. The first-order chi connectivity index (χ1) is 8.29. The molecule has 2 nitrogen and oxygen atoms in total. The van der Waals surface area contributed by atoms with E-state index in [0.717, 1.165) is 16.4 Å². The smallest absolute Gasteiger partial charge is 0.114 e. The number of benzene rings is 1. The summed E-state index contributed by atoms with van der Waals surface area (Å²) >= 11 is 0. The van der Waals surface area contributed by atoms with E-state index in [0.29, 0.717) is 14.8 Å². The monoisotopic (exact) mass is 252 g/mol. The molecule has 17 heavy (non-hydrogen) atoms. The summed E-state index contributed by atoms with van der Waals surface area (Å²) in [4.78, 5) is 0. The fourth-order valence-corrected chi connectivity index (χ4v) is 3.52. The largest absolute Gasteiger partial charge is 0.508 e. The molecule has 1 atom stereocenters. The highest BCUT2D eigenvalue weighted by Crippen LogP contribution is 2.30. The first-order valence-electron chi connectivity index (χ1n) is 5.41. The van der Waals surface area contributed by atoms with Crippen molar-refractivity contribution in [2.75, 3.05) is 5.32 Å². The molecule has 5 radical (unpaired) electrons. The van der Waals surface area contributed by atoms with E-state index in [9.17, 15) is 5.11 Å². The van der Waals surface area contributed by atoms with Crippen LogP contribution in [0.1, 0.15) is 5.56 Å². The summed E-state index contributed by atoms with van der Waals surface area (Å²) in [6.07, 6.45) is 10.5. The Morgan fingerprint density at radius 1 is 1.29 bits per heavy atom. The van der Waals surface area contributed by atoms with Gasteiger partial charge in [0.05, 0.1) is 15.1 Å². The maximum absolute atomic E-state index is 9.85. The fourth-order valence-electron chi connectivity index (χ4n) is 2.18. The third-order valence-corrected chi connectivity index (χ3v) is 4.56. The van der Waals surface area contributed by atoms with Crippen molar-refractivity contribution in [3.05, 3.63) is 47.6 Å². The molecule has 81 valence electrons. The molecular formula is C13H10NOSi2. The first-order valence-corrected chi connectivity index (χ1v) is 7.91. The number of anilines is 1. The summed E-state index contributed by atoms with van der Waals surface area (Å²) in [7, 11) is 3.90. The average Bonchev–Trinajstić information content (AvgIpc) is 2.36. The lowest BCUT2D eigenvalue weighted by molar-refractivity contribution is 0.479. The molecule has 1 aliphatic carbocycles. The summed E-state index contributed by atoms with van der Waals surface area (Å²) in [5.41, 5.74) is 3.40. The number of rotatable bonds is 1. The fraction of sp³-hybridized carbons (Fsp3) is 0.0769. The summed E-state index contributed by atoms with van der Waals surface area (Å²) in [6, 6.07) is 3.93. The molecule has 1 aromatic rings. The Hall–Kier alpha value is -1.53. The Morgan fingerprint density at radius 3 is 3.00 bits per heavy atom. The molecule has 0 saturated carbocycles. The van der Waals surface area contributed by atoms with Gasteiger partial charge in [0, 0.05) is 15.4 Å². The second-order valence-electron chi connectivity index (χ2n) is 4.06. The van der Waals surface area contributed by atoms with Crippen LogP contribution in [0.25, 0.3) is 6.08 Å². The minimum atomic E-state index is 0.253. The molecule has 0 bridgehead atoms. The Kier molecular flexibility index (Phi) is 2.53. The number of nitrogens with one attached hydrogen (secondary N) is 1. The Bertz CT molecular complexity index is 561. The number of phenols is 1. The molecule has 0 fully saturated rings. The molecule has 0 aromatic heterocycles.